The summed E-state index contributed by atoms with van der Waals surface area (Å²) in [5.74, 6) is 2.06. The Bertz CT molecular complexity index is 2880. The maximum atomic E-state index is 6.78. The number of aromatic nitrogens is 4. The van der Waals surface area contributed by atoms with Gasteiger partial charge in [0.25, 0.3) is 0 Å². The van der Waals surface area contributed by atoms with Gasteiger partial charge >= 0.3 is 20.4 Å². The van der Waals surface area contributed by atoms with Crippen molar-refractivity contribution in [3.8, 4) is 56.4 Å². The number of rotatable bonds is 9. The van der Waals surface area contributed by atoms with Gasteiger partial charge in [-0.25, -0.2) is 4.98 Å². The Balaban J connectivity index is 0.00000484. The summed E-state index contributed by atoms with van der Waals surface area (Å²) in [7, 11) is 0. The van der Waals surface area contributed by atoms with Crippen LogP contribution in [0.3, 0.4) is 0 Å². The summed E-state index contributed by atoms with van der Waals surface area (Å²) in [5.41, 5.74) is 14.2. The molecule has 3 aromatic heterocycles. The first kappa shape index (κ1) is 39.8. The molecule has 6 aromatic carbocycles. The van der Waals surface area contributed by atoms with Crippen molar-refractivity contribution < 1.29 is 25.2 Å². The molecule has 0 saturated carbocycles. The molecule has 5 nitrogen and oxygen atoms in total. The topological polar surface area (TPSA) is 44.9 Å². The average Bonchev–Trinajstić information content (AvgIpc) is 3.79. The number of ether oxygens (including phenoxy) is 1. The molecule has 3 heterocycles. The van der Waals surface area contributed by atoms with Crippen LogP contribution in [0, 0.1) is 19.1 Å². The molecule has 9 rings (SSSR count). The first-order valence-corrected chi connectivity index (χ1v) is 20.2. The first-order chi connectivity index (χ1) is 28.2. The fourth-order valence-electron chi connectivity index (χ4n) is 8.17. The molecular formula is C53H46N4OPd. The molecule has 59 heavy (non-hydrogen) atoms. The van der Waals surface area contributed by atoms with Gasteiger partial charge in [0.1, 0.15) is 5.82 Å². The number of hydrogen-bond acceptors (Lipinski definition) is 3. The van der Waals surface area contributed by atoms with Crippen LogP contribution in [0.4, 0.5) is 0 Å². The molecule has 0 aliphatic carbocycles. The predicted molar refractivity (Wildman–Crippen MR) is 238 cm³/mol. The second-order valence-corrected chi connectivity index (χ2v) is 15.9. The quantitative estimate of drug-likeness (QED) is 0.107. The van der Waals surface area contributed by atoms with Crippen LogP contribution in [-0.4, -0.2) is 19.3 Å². The van der Waals surface area contributed by atoms with Crippen molar-refractivity contribution >= 4 is 21.8 Å². The first-order valence-electron chi connectivity index (χ1n) is 20.2. The molecule has 0 spiro atoms. The van der Waals surface area contributed by atoms with E-state index in [1.54, 1.807) is 0 Å². The van der Waals surface area contributed by atoms with Crippen molar-refractivity contribution in [2.24, 2.45) is 0 Å². The third-order valence-electron chi connectivity index (χ3n) is 11.0. The van der Waals surface area contributed by atoms with Gasteiger partial charge in [0.05, 0.1) is 5.69 Å². The minimum Gasteiger partial charge on any atom is -0.509 e. The summed E-state index contributed by atoms with van der Waals surface area (Å²) in [5, 5.41) is 7.65. The van der Waals surface area contributed by atoms with Gasteiger partial charge in [-0.15, -0.1) is 41.3 Å². The Hall–Kier alpha value is -6.06. The largest absolute Gasteiger partial charge is 2.00 e. The van der Waals surface area contributed by atoms with Crippen LogP contribution in [0.5, 0.6) is 11.5 Å². The maximum Gasteiger partial charge on any atom is 2.00 e. The number of hydrogen-bond donors (Lipinski definition) is 0. The van der Waals surface area contributed by atoms with Crippen molar-refractivity contribution in [3.63, 3.8) is 0 Å². The zero-order chi connectivity index (χ0) is 40.0. The zero-order valence-corrected chi connectivity index (χ0v) is 35.8. The Kier molecular flexibility index (Phi) is 11.0. The number of fused-ring (bicyclic) bond motifs is 3. The van der Waals surface area contributed by atoms with Gasteiger partial charge in [-0.2, -0.15) is 11.2 Å². The van der Waals surface area contributed by atoms with Gasteiger partial charge in [0, 0.05) is 40.0 Å². The van der Waals surface area contributed by atoms with Crippen LogP contribution in [-0.2, 0) is 38.7 Å². The van der Waals surface area contributed by atoms with E-state index in [9.17, 15) is 0 Å². The molecule has 0 aliphatic heterocycles. The summed E-state index contributed by atoms with van der Waals surface area (Å²) < 4.78 is 11.1. The molecule has 0 aliphatic rings. The number of para-hydroxylation sites is 1. The van der Waals surface area contributed by atoms with E-state index in [4.69, 9.17) is 14.8 Å². The summed E-state index contributed by atoms with van der Waals surface area (Å²) in [4.78, 5) is 4.77. The standard InChI is InChI=1S/C53H46N4O.Pd/c1-7-46-52(51-42(36-18-11-9-12-19-36)23-17-24-43(51)37-20-13-10-14-21-37)47(8-2)57(55-46)39-31-38(53(4,5)6)32-41(33-39)58-40-26-27-45-44-22-15-16-25-48(44)56(49(45)34-40)50-30-35(3)28-29-54-50;/h9-32H,7-8H2,1-6H3;/q-2;+2. The number of benzene rings is 6. The Morgan fingerprint density at radius 3 is 1.97 bits per heavy atom. The molecule has 9 aromatic rings. The van der Waals surface area contributed by atoms with Crippen molar-refractivity contribution in [1.29, 1.82) is 0 Å². The van der Waals surface area contributed by atoms with Gasteiger partial charge in [0.2, 0.25) is 0 Å². The van der Waals surface area contributed by atoms with Crippen LogP contribution >= 0.6 is 0 Å². The summed E-state index contributed by atoms with van der Waals surface area (Å²) in [6, 6.07) is 56.4. The molecule has 0 saturated heterocycles. The van der Waals surface area contributed by atoms with E-state index in [-0.39, 0.29) is 25.8 Å². The van der Waals surface area contributed by atoms with E-state index in [0.717, 1.165) is 68.7 Å². The van der Waals surface area contributed by atoms with E-state index >= 15 is 0 Å². The van der Waals surface area contributed by atoms with Crippen molar-refractivity contribution in [1.82, 2.24) is 19.3 Å². The van der Waals surface area contributed by atoms with Crippen LogP contribution in [0.2, 0.25) is 0 Å². The molecule has 0 radical (unpaired) electrons. The SMILES string of the molecule is CCc1nn(-c2[c-]c(Oc3[c-]c4c(cc3)c3ccccc3n4-c3cc(C)ccn3)cc(C(C)(C)C)c2)c(CC)c1-c1c(-c2ccccc2)cccc1-c1ccccc1.[Pd+2]. The fraction of sp³-hybridized carbons (Fsp3) is 0.170. The van der Waals surface area contributed by atoms with Gasteiger partial charge in [0.15, 0.2) is 0 Å². The van der Waals surface area contributed by atoms with E-state index in [2.05, 4.69) is 190 Å². The van der Waals surface area contributed by atoms with Crippen molar-refractivity contribution in [2.45, 2.75) is 59.8 Å². The minimum atomic E-state index is -0.171. The van der Waals surface area contributed by atoms with Crippen LogP contribution < -0.4 is 4.74 Å². The van der Waals surface area contributed by atoms with Gasteiger partial charge in [-0.1, -0.05) is 137 Å². The minimum absolute atomic E-state index is 0. The molecule has 294 valence electrons. The molecule has 6 heteroatoms. The van der Waals surface area contributed by atoms with Crippen LogP contribution in [0.15, 0.2) is 146 Å². The van der Waals surface area contributed by atoms with E-state index in [1.807, 2.05) is 18.3 Å². The van der Waals surface area contributed by atoms with Gasteiger partial charge < -0.3 is 9.30 Å². The number of nitrogens with zero attached hydrogens (tertiary/aromatic N) is 4. The molecule has 0 bridgehead atoms. The summed E-state index contributed by atoms with van der Waals surface area (Å²) in [6.07, 6.45) is 3.40. The Labute approximate surface area is 361 Å². The molecule has 0 N–H and O–H groups in total. The third-order valence-corrected chi connectivity index (χ3v) is 11.0. The summed E-state index contributed by atoms with van der Waals surface area (Å²) in [6.45, 7) is 13.2. The Morgan fingerprint density at radius 2 is 1.32 bits per heavy atom. The van der Waals surface area contributed by atoms with Crippen molar-refractivity contribution in [2.75, 3.05) is 0 Å². The maximum absolute atomic E-state index is 6.78. The zero-order valence-electron chi connectivity index (χ0n) is 34.3. The molecule has 0 amide bonds. The molecule has 0 unspecified atom stereocenters. The van der Waals surface area contributed by atoms with Crippen LogP contribution in [0.25, 0.3) is 66.7 Å². The second-order valence-electron chi connectivity index (χ2n) is 15.9. The monoisotopic (exact) mass is 860 g/mol. The number of aryl methyl sites for hydroxylation is 2. The Morgan fingerprint density at radius 1 is 0.644 bits per heavy atom. The fourth-order valence-corrected chi connectivity index (χ4v) is 8.17. The summed E-state index contributed by atoms with van der Waals surface area (Å²) >= 11 is 0. The normalized spacial score (nSPS) is 11.6. The van der Waals surface area contributed by atoms with Gasteiger partial charge in [-0.05, 0) is 82.3 Å². The second kappa shape index (κ2) is 16.3. The molecule has 0 fully saturated rings. The molecular weight excluding hydrogens is 815 g/mol. The average molecular weight is 861 g/mol. The van der Waals surface area contributed by atoms with E-state index in [1.165, 1.54) is 33.4 Å². The van der Waals surface area contributed by atoms with E-state index < -0.39 is 0 Å². The van der Waals surface area contributed by atoms with Crippen molar-refractivity contribution in [3.05, 3.63) is 180 Å². The van der Waals surface area contributed by atoms with Gasteiger partial charge in [-0.3, -0.25) is 4.68 Å². The third kappa shape index (κ3) is 7.44. The van der Waals surface area contributed by atoms with E-state index in [0.29, 0.717) is 11.5 Å². The molecule has 0 atom stereocenters. The smallest absolute Gasteiger partial charge is 0.509 e. The van der Waals surface area contributed by atoms with Crippen LogP contribution in [0.1, 0.15) is 57.1 Å². The number of pyridine rings is 1. The predicted octanol–water partition coefficient (Wildman–Crippen LogP) is 13.5.